The highest BCUT2D eigenvalue weighted by atomic mass is 32.2. The zero-order valence-electron chi connectivity index (χ0n) is 13.1. The fraction of sp³-hybridized carbons (Fsp3) is 0.625. The molecule has 0 amide bonds. The molecule has 1 aliphatic rings. The molecule has 118 valence electrons. The van der Waals surface area contributed by atoms with Crippen LogP contribution in [-0.2, 0) is 10.0 Å². The van der Waals surface area contributed by atoms with Gasteiger partial charge in [-0.2, -0.15) is 0 Å². The number of anilines is 2. The highest BCUT2D eigenvalue weighted by Crippen LogP contribution is 2.37. The summed E-state index contributed by atoms with van der Waals surface area (Å²) in [6, 6.07) is 7.98. The molecular weight excluding hydrogens is 284 g/mol. The van der Waals surface area contributed by atoms with Gasteiger partial charge in [0.2, 0.25) is 10.0 Å². The second-order valence-electron chi connectivity index (χ2n) is 6.51. The minimum atomic E-state index is -3.20. The lowest BCUT2D eigenvalue weighted by Crippen LogP contribution is -2.38. The minimum absolute atomic E-state index is 0.0866. The number of hydrogen-bond acceptors (Lipinski definition) is 3. The maximum atomic E-state index is 11.5. The van der Waals surface area contributed by atoms with Gasteiger partial charge in [-0.05, 0) is 49.4 Å². The van der Waals surface area contributed by atoms with E-state index < -0.39 is 10.0 Å². The first-order valence-electron chi connectivity index (χ1n) is 7.69. The predicted octanol–water partition coefficient (Wildman–Crippen LogP) is 3.83. The van der Waals surface area contributed by atoms with E-state index in [1.807, 2.05) is 24.3 Å². The molecular formula is C16H26N2O2S. The van der Waals surface area contributed by atoms with Gasteiger partial charge in [-0.15, -0.1) is 0 Å². The monoisotopic (exact) mass is 310 g/mol. The van der Waals surface area contributed by atoms with Crippen molar-refractivity contribution >= 4 is 21.4 Å². The molecule has 1 aromatic carbocycles. The van der Waals surface area contributed by atoms with Gasteiger partial charge >= 0.3 is 0 Å². The van der Waals surface area contributed by atoms with Crippen molar-refractivity contribution in [1.29, 1.82) is 0 Å². The SMILES string of the molecule is CCS(=O)(=O)Nc1ccc(NC2CCCCC2(C)C)cc1. The van der Waals surface area contributed by atoms with Crippen LogP contribution in [0.15, 0.2) is 24.3 Å². The van der Waals surface area contributed by atoms with Crippen molar-refractivity contribution in [3.8, 4) is 0 Å². The van der Waals surface area contributed by atoms with E-state index >= 15 is 0 Å². The van der Waals surface area contributed by atoms with Crippen LogP contribution < -0.4 is 10.0 Å². The lowest BCUT2D eigenvalue weighted by Gasteiger charge is -2.39. The van der Waals surface area contributed by atoms with Crippen LogP contribution in [0.4, 0.5) is 11.4 Å². The van der Waals surface area contributed by atoms with Crippen molar-refractivity contribution in [3.05, 3.63) is 24.3 Å². The molecule has 0 aliphatic heterocycles. The Hall–Kier alpha value is -1.23. The summed E-state index contributed by atoms with van der Waals surface area (Å²) in [6.07, 6.45) is 5.02. The summed E-state index contributed by atoms with van der Waals surface area (Å²) in [5.41, 5.74) is 1.97. The van der Waals surface area contributed by atoms with E-state index in [-0.39, 0.29) is 5.75 Å². The van der Waals surface area contributed by atoms with Crippen molar-refractivity contribution < 1.29 is 8.42 Å². The van der Waals surface area contributed by atoms with Gasteiger partial charge in [0.05, 0.1) is 5.75 Å². The Bertz CT molecular complexity index is 564. The second-order valence-corrected chi connectivity index (χ2v) is 8.53. The fourth-order valence-corrected chi connectivity index (χ4v) is 3.49. The van der Waals surface area contributed by atoms with E-state index in [0.717, 1.165) is 5.69 Å². The largest absolute Gasteiger partial charge is 0.382 e. The van der Waals surface area contributed by atoms with Crippen molar-refractivity contribution in [2.45, 2.75) is 52.5 Å². The molecule has 5 heteroatoms. The van der Waals surface area contributed by atoms with Gasteiger partial charge in [0.25, 0.3) is 0 Å². The third-order valence-electron chi connectivity index (χ3n) is 4.39. The Labute approximate surface area is 128 Å². The summed E-state index contributed by atoms with van der Waals surface area (Å²) in [4.78, 5) is 0. The van der Waals surface area contributed by atoms with E-state index in [4.69, 9.17) is 0 Å². The highest BCUT2D eigenvalue weighted by Gasteiger charge is 2.31. The Morgan fingerprint density at radius 3 is 2.33 bits per heavy atom. The molecule has 0 aromatic heterocycles. The van der Waals surface area contributed by atoms with Gasteiger partial charge in [-0.3, -0.25) is 4.72 Å². The Morgan fingerprint density at radius 2 is 1.76 bits per heavy atom. The Kier molecular flexibility index (Phi) is 4.81. The standard InChI is InChI=1S/C16H26N2O2S/c1-4-21(19,20)18-14-10-8-13(9-11-14)17-15-7-5-6-12-16(15,2)3/h8-11,15,17-18H,4-7,12H2,1-3H3. The Balaban J connectivity index is 2.02. The molecule has 1 aromatic rings. The summed E-state index contributed by atoms with van der Waals surface area (Å²) in [7, 11) is -3.20. The molecule has 0 spiro atoms. The minimum Gasteiger partial charge on any atom is -0.382 e. The summed E-state index contributed by atoms with van der Waals surface area (Å²) in [5, 5.41) is 3.60. The van der Waals surface area contributed by atoms with Crippen molar-refractivity contribution in [3.63, 3.8) is 0 Å². The number of nitrogens with one attached hydrogen (secondary N) is 2. The molecule has 1 aliphatic carbocycles. The van der Waals surface area contributed by atoms with E-state index in [2.05, 4.69) is 23.9 Å². The fourth-order valence-electron chi connectivity index (χ4n) is 2.85. The van der Waals surface area contributed by atoms with Crippen LogP contribution in [0, 0.1) is 5.41 Å². The van der Waals surface area contributed by atoms with Gasteiger partial charge in [0.1, 0.15) is 0 Å². The normalized spacial score (nSPS) is 21.8. The molecule has 4 nitrogen and oxygen atoms in total. The van der Waals surface area contributed by atoms with Gasteiger partial charge in [0, 0.05) is 17.4 Å². The lowest BCUT2D eigenvalue weighted by molar-refractivity contribution is 0.217. The van der Waals surface area contributed by atoms with E-state index in [1.54, 1.807) is 6.92 Å². The number of rotatable bonds is 5. The predicted molar refractivity (Wildman–Crippen MR) is 89.2 cm³/mol. The van der Waals surface area contributed by atoms with Gasteiger partial charge in [-0.1, -0.05) is 26.7 Å². The molecule has 0 saturated heterocycles. The molecule has 0 bridgehead atoms. The van der Waals surface area contributed by atoms with Gasteiger partial charge in [-0.25, -0.2) is 8.42 Å². The van der Waals surface area contributed by atoms with E-state index in [1.165, 1.54) is 25.7 Å². The lowest BCUT2D eigenvalue weighted by atomic mass is 9.73. The number of sulfonamides is 1. The average Bonchev–Trinajstić information content (AvgIpc) is 2.43. The Morgan fingerprint density at radius 1 is 1.14 bits per heavy atom. The molecule has 0 radical (unpaired) electrons. The highest BCUT2D eigenvalue weighted by molar-refractivity contribution is 7.92. The van der Waals surface area contributed by atoms with Crippen LogP contribution in [0.2, 0.25) is 0 Å². The molecule has 0 heterocycles. The number of hydrogen-bond donors (Lipinski definition) is 2. The van der Waals surface area contributed by atoms with Crippen LogP contribution in [-0.4, -0.2) is 20.2 Å². The van der Waals surface area contributed by atoms with Crippen LogP contribution in [0.1, 0.15) is 46.5 Å². The topological polar surface area (TPSA) is 58.2 Å². The quantitative estimate of drug-likeness (QED) is 0.869. The van der Waals surface area contributed by atoms with Crippen molar-refractivity contribution in [1.82, 2.24) is 0 Å². The van der Waals surface area contributed by atoms with Crippen LogP contribution in [0.3, 0.4) is 0 Å². The van der Waals surface area contributed by atoms with E-state index in [0.29, 0.717) is 17.1 Å². The van der Waals surface area contributed by atoms with E-state index in [9.17, 15) is 8.42 Å². The van der Waals surface area contributed by atoms with Crippen molar-refractivity contribution in [2.75, 3.05) is 15.8 Å². The third-order valence-corrected chi connectivity index (χ3v) is 5.69. The average molecular weight is 310 g/mol. The molecule has 2 N–H and O–H groups in total. The van der Waals surface area contributed by atoms with Crippen LogP contribution in [0.5, 0.6) is 0 Å². The number of benzene rings is 1. The molecule has 1 unspecified atom stereocenters. The maximum Gasteiger partial charge on any atom is 0.232 e. The summed E-state index contributed by atoms with van der Waals surface area (Å²) >= 11 is 0. The summed E-state index contributed by atoms with van der Waals surface area (Å²) in [5.74, 6) is 0.0866. The maximum absolute atomic E-state index is 11.5. The molecule has 1 fully saturated rings. The first-order chi connectivity index (χ1) is 9.82. The molecule has 21 heavy (non-hydrogen) atoms. The summed E-state index contributed by atoms with van der Waals surface area (Å²) in [6.45, 7) is 6.25. The van der Waals surface area contributed by atoms with Crippen molar-refractivity contribution in [2.24, 2.45) is 5.41 Å². The molecule has 2 rings (SSSR count). The molecule has 1 saturated carbocycles. The third kappa shape index (κ3) is 4.37. The first-order valence-corrected chi connectivity index (χ1v) is 9.35. The van der Waals surface area contributed by atoms with Gasteiger partial charge < -0.3 is 5.32 Å². The first kappa shape index (κ1) is 16.1. The van der Waals surface area contributed by atoms with Crippen LogP contribution >= 0.6 is 0 Å². The van der Waals surface area contributed by atoms with Crippen LogP contribution in [0.25, 0.3) is 0 Å². The molecule has 1 atom stereocenters. The zero-order valence-corrected chi connectivity index (χ0v) is 14.0. The second kappa shape index (κ2) is 6.26. The zero-order chi connectivity index (χ0) is 15.5. The van der Waals surface area contributed by atoms with Gasteiger partial charge in [0.15, 0.2) is 0 Å². The smallest absolute Gasteiger partial charge is 0.232 e. The summed E-state index contributed by atoms with van der Waals surface area (Å²) < 4.78 is 25.6.